The van der Waals surface area contributed by atoms with Gasteiger partial charge in [-0.1, -0.05) is 0 Å². The molecule has 1 N–H and O–H groups in total. The van der Waals surface area contributed by atoms with E-state index in [4.69, 9.17) is 4.74 Å². The van der Waals surface area contributed by atoms with Crippen LogP contribution in [-0.2, 0) is 9.53 Å². The second kappa shape index (κ2) is 5.96. The summed E-state index contributed by atoms with van der Waals surface area (Å²) in [4.78, 5) is 36.3. The molecule has 0 radical (unpaired) electrons. The molecule has 1 aliphatic rings. The largest absolute Gasteiger partial charge is 0.453 e. The van der Waals surface area contributed by atoms with Crippen molar-refractivity contribution in [1.29, 1.82) is 0 Å². The number of rotatable bonds is 4. The maximum atomic E-state index is 12.2. The van der Waals surface area contributed by atoms with Gasteiger partial charge in [-0.15, -0.1) is 11.3 Å². The van der Waals surface area contributed by atoms with Gasteiger partial charge >= 0.3 is 5.97 Å². The summed E-state index contributed by atoms with van der Waals surface area (Å²) >= 11 is 1.29. The first kappa shape index (κ1) is 15.4. The third-order valence-corrected chi connectivity index (χ3v) is 4.87. The van der Waals surface area contributed by atoms with E-state index in [1.807, 2.05) is 13.0 Å². The Kier molecular flexibility index (Phi) is 4.00. The van der Waals surface area contributed by atoms with Crippen molar-refractivity contribution in [3.63, 3.8) is 0 Å². The second-order valence-corrected chi connectivity index (χ2v) is 6.36. The molecule has 2 aromatic rings. The fraction of sp³-hybridized carbons (Fsp3) is 0.235. The third kappa shape index (κ3) is 2.90. The van der Waals surface area contributed by atoms with Crippen LogP contribution < -0.4 is 5.32 Å². The molecular formula is C17H15NO4S. The number of ketones is 1. The molecule has 0 unspecified atom stereocenters. The van der Waals surface area contributed by atoms with E-state index < -0.39 is 5.97 Å². The molecule has 0 bridgehead atoms. The first-order chi connectivity index (χ1) is 11.0. The van der Waals surface area contributed by atoms with Crippen LogP contribution in [0.25, 0.3) is 0 Å². The van der Waals surface area contributed by atoms with Gasteiger partial charge in [0.2, 0.25) is 5.91 Å². The molecule has 23 heavy (non-hydrogen) atoms. The summed E-state index contributed by atoms with van der Waals surface area (Å²) in [5.74, 6) is -1.14. The van der Waals surface area contributed by atoms with Crippen LogP contribution in [0.1, 0.15) is 44.0 Å². The molecule has 6 heteroatoms. The van der Waals surface area contributed by atoms with Gasteiger partial charge in [-0.25, -0.2) is 4.79 Å². The third-order valence-electron chi connectivity index (χ3n) is 3.87. The normalized spacial score (nSPS) is 15.9. The van der Waals surface area contributed by atoms with E-state index in [9.17, 15) is 14.4 Å². The molecule has 0 spiro atoms. The van der Waals surface area contributed by atoms with Gasteiger partial charge in [0.25, 0.3) is 0 Å². The maximum absolute atomic E-state index is 12.2. The summed E-state index contributed by atoms with van der Waals surface area (Å²) in [5.41, 5.74) is 2.79. The minimum Gasteiger partial charge on any atom is -0.453 e. The highest BCUT2D eigenvalue weighted by molar-refractivity contribution is 7.12. The van der Waals surface area contributed by atoms with E-state index in [-0.39, 0.29) is 24.2 Å². The highest BCUT2D eigenvalue weighted by Crippen LogP contribution is 2.32. The van der Waals surface area contributed by atoms with E-state index in [0.717, 1.165) is 16.8 Å². The van der Waals surface area contributed by atoms with Gasteiger partial charge < -0.3 is 10.1 Å². The number of esters is 1. The lowest BCUT2D eigenvalue weighted by Crippen LogP contribution is -2.14. The molecule has 1 aromatic heterocycles. The SMILES string of the molecule is Cc1ccsc1C(=O)OCC(=O)c1ccc2c(c1)[C@@H](C)C(=O)N2. The Bertz CT molecular complexity index is 809. The van der Waals surface area contributed by atoms with Crippen LogP contribution in [0.4, 0.5) is 5.69 Å². The smallest absolute Gasteiger partial charge is 0.349 e. The maximum Gasteiger partial charge on any atom is 0.349 e. The zero-order valence-electron chi connectivity index (χ0n) is 12.7. The standard InChI is InChI=1S/C17H15NO4S/c1-9-5-6-23-15(9)17(21)22-8-14(19)11-3-4-13-12(7-11)10(2)16(20)18-13/h3-7,10H,8H2,1-2H3,(H,18,20)/t10-/m1/s1. The fourth-order valence-corrected chi connectivity index (χ4v) is 3.27. The predicted octanol–water partition coefficient (Wildman–Crippen LogP) is 3.15. The van der Waals surface area contributed by atoms with Crippen LogP contribution in [0.15, 0.2) is 29.6 Å². The lowest BCUT2D eigenvalue weighted by atomic mass is 9.99. The summed E-state index contributed by atoms with van der Waals surface area (Å²) in [7, 11) is 0. The molecule has 5 nitrogen and oxygen atoms in total. The minimum atomic E-state index is -0.489. The van der Waals surface area contributed by atoms with E-state index in [1.165, 1.54) is 11.3 Å². The predicted molar refractivity (Wildman–Crippen MR) is 87.2 cm³/mol. The average Bonchev–Trinajstić information content (AvgIpc) is 3.08. The monoisotopic (exact) mass is 329 g/mol. The number of carbonyl (C=O) groups is 3. The van der Waals surface area contributed by atoms with E-state index >= 15 is 0 Å². The van der Waals surface area contributed by atoms with Gasteiger partial charge in [0.1, 0.15) is 4.88 Å². The van der Waals surface area contributed by atoms with Crippen molar-refractivity contribution in [1.82, 2.24) is 0 Å². The van der Waals surface area contributed by atoms with Gasteiger partial charge in [-0.3, -0.25) is 9.59 Å². The van der Waals surface area contributed by atoms with E-state index in [1.54, 1.807) is 30.5 Å². The lowest BCUT2D eigenvalue weighted by Gasteiger charge is -2.06. The first-order valence-corrected chi connectivity index (χ1v) is 8.04. The number of anilines is 1. The van der Waals surface area contributed by atoms with Crippen molar-refractivity contribution in [3.8, 4) is 0 Å². The van der Waals surface area contributed by atoms with Gasteiger partial charge in [0.05, 0.1) is 5.92 Å². The molecule has 2 heterocycles. The molecule has 3 rings (SSSR count). The molecule has 1 aromatic carbocycles. The first-order valence-electron chi connectivity index (χ1n) is 7.16. The van der Waals surface area contributed by atoms with Gasteiger partial charge in [-0.2, -0.15) is 0 Å². The minimum absolute atomic E-state index is 0.0794. The van der Waals surface area contributed by atoms with Crippen molar-refractivity contribution >= 4 is 34.7 Å². The summed E-state index contributed by atoms with van der Waals surface area (Å²) < 4.78 is 5.09. The quantitative estimate of drug-likeness (QED) is 0.691. The summed E-state index contributed by atoms with van der Waals surface area (Å²) in [5, 5.41) is 4.56. The topological polar surface area (TPSA) is 72.5 Å². The van der Waals surface area contributed by atoms with Crippen LogP contribution in [0, 0.1) is 6.92 Å². The molecule has 1 amide bonds. The molecule has 0 saturated heterocycles. The van der Waals surface area contributed by atoms with Crippen LogP contribution in [-0.4, -0.2) is 24.3 Å². The Hall–Kier alpha value is -2.47. The van der Waals surface area contributed by atoms with Crippen molar-refractivity contribution in [2.45, 2.75) is 19.8 Å². The molecule has 0 fully saturated rings. The van der Waals surface area contributed by atoms with Crippen molar-refractivity contribution < 1.29 is 19.1 Å². The molecule has 1 atom stereocenters. The fourth-order valence-electron chi connectivity index (χ4n) is 2.45. The number of benzene rings is 1. The van der Waals surface area contributed by atoms with E-state index in [2.05, 4.69) is 5.32 Å². The van der Waals surface area contributed by atoms with Crippen molar-refractivity contribution in [3.05, 3.63) is 51.2 Å². The highest BCUT2D eigenvalue weighted by atomic mass is 32.1. The zero-order valence-corrected chi connectivity index (χ0v) is 13.5. The van der Waals surface area contributed by atoms with Gasteiger partial charge in [0, 0.05) is 11.3 Å². The van der Waals surface area contributed by atoms with Gasteiger partial charge in [-0.05, 0) is 54.6 Å². The summed E-state index contributed by atoms with van der Waals surface area (Å²) in [6.45, 7) is 3.29. The summed E-state index contributed by atoms with van der Waals surface area (Å²) in [6, 6.07) is 6.85. The lowest BCUT2D eigenvalue weighted by molar-refractivity contribution is -0.116. The zero-order chi connectivity index (χ0) is 16.6. The van der Waals surface area contributed by atoms with E-state index in [0.29, 0.717) is 10.4 Å². The number of thiophene rings is 1. The number of ether oxygens (including phenoxy) is 1. The van der Waals surface area contributed by atoms with Crippen LogP contribution in [0.2, 0.25) is 0 Å². The van der Waals surface area contributed by atoms with Gasteiger partial charge in [0.15, 0.2) is 12.4 Å². The van der Waals surface area contributed by atoms with Crippen molar-refractivity contribution in [2.75, 3.05) is 11.9 Å². The number of hydrogen-bond donors (Lipinski definition) is 1. The molecule has 118 valence electrons. The Labute approximate surface area is 137 Å². The van der Waals surface area contributed by atoms with Crippen LogP contribution in [0.3, 0.4) is 0 Å². The number of hydrogen-bond acceptors (Lipinski definition) is 5. The van der Waals surface area contributed by atoms with Crippen LogP contribution in [0.5, 0.6) is 0 Å². The number of Topliss-reactive ketones (excluding diaryl/α,β-unsaturated/α-hetero) is 1. The number of amides is 1. The molecular weight excluding hydrogens is 314 g/mol. The summed E-state index contributed by atoms with van der Waals surface area (Å²) in [6.07, 6.45) is 0. The second-order valence-electron chi connectivity index (χ2n) is 5.45. The molecule has 0 aliphatic carbocycles. The number of carbonyl (C=O) groups excluding carboxylic acids is 3. The Morgan fingerprint density at radius 3 is 2.78 bits per heavy atom. The Balaban J connectivity index is 1.69. The van der Waals surface area contributed by atoms with Crippen molar-refractivity contribution in [2.24, 2.45) is 0 Å². The number of nitrogens with one attached hydrogen (secondary N) is 1. The molecule has 1 aliphatic heterocycles. The number of fused-ring (bicyclic) bond motifs is 1. The Morgan fingerprint density at radius 1 is 1.30 bits per heavy atom. The highest BCUT2D eigenvalue weighted by Gasteiger charge is 2.27. The Morgan fingerprint density at radius 2 is 2.09 bits per heavy atom. The number of aryl methyl sites for hydroxylation is 1. The van der Waals surface area contributed by atoms with Crippen LogP contribution >= 0.6 is 11.3 Å². The average molecular weight is 329 g/mol. The molecule has 0 saturated carbocycles.